The molecule has 5 heteroatoms. The third kappa shape index (κ3) is 5.80. The second-order valence-corrected chi connectivity index (χ2v) is 6.04. The van der Waals surface area contributed by atoms with Crippen LogP contribution < -0.4 is 15.4 Å². The number of hydrogen-bond acceptors (Lipinski definition) is 3. The van der Waals surface area contributed by atoms with Crippen LogP contribution in [0.5, 0.6) is 5.75 Å². The van der Waals surface area contributed by atoms with E-state index in [1.807, 2.05) is 61.5 Å². The zero-order valence-corrected chi connectivity index (χ0v) is 15.1. The first-order chi connectivity index (χ1) is 12.0. The van der Waals surface area contributed by atoms with E-state index in [1.165, 1.54) is 0 Å². The van der Waals surface area contributed by atoms with Crippen LogP contribution >= 0.6 is 0 Å². The van der Waals surface area contributed by atoms with Crippen molar-refractivity contribution in [3.05, 3.63) is 65.7 Å². The SMILES string of the molecule is CCNC(=NCc1ccc(OC)cc1)NCC(C)(O)c1ccccc1. The summed E-state index contributed by atoms with van der Waals surface area (Å²) in [5.74, 6) is 1.51. The Morgan fingerprint density at radius 2 is 1.76 bits per heavy atom. The first-order valence-electron chi connectivity index (χ1n) is 8.48. The van der Waals surface area contributed by atoms with Crippen LogP contribution in [0.3, 0.4) is 0 Å². The van der Waals surface area contributed by atoms with Crippen molar-refractivity contribution < 1.29 is 9.84 Å². The average Bonchev–Trinajstić information content (AvgIpc) is 2.65. The highest BCUT2D eigenvalue weighted by molar-refractivity contribution is 5.79. The Bertz CT molecular complexity index is 667. The highest BCUT2D eigenvalue weighted by Gasteiger charge is 2.22. The second kappa shape index (κ2) is 9.08. The summed E-state index contributed by atoms with van der Waals surface area (Å²) in [4.78, 5) is 4.58. The van der Waals surface area contributed by atoms with E-state index in [0.29, 0.717) is 19.0 Å². The smallest absolute Gasteiger partial charge is 0.191 e. The molecule has 2 aromatic carbocycles. The van der Waals surface area contributed by atoms with Gasteiger partial charge in [-0.25, -0.2) is 4.99 Å². The monoisotopic (exact) mass is 341 g/mol. The van der Waals surface area contributed by atoms with Gasteiger partial charge in [0.25, 0.3) is 0 Å². The van der Waals surface area contributed by atoms with Gasteiger partial charge in [0.2, 0.25) is 0 Å². The number of nitrogens with zero attached hydrogens (tertiary/aromatic N) is 1. The number of benzene rings is 2. The molecule has 0 radical (unpaired) electrons. The number of rotatable bonds is 7. The molecule has 0 spiro atoms. The van der Waals surface area contributed by atoms with Gasteiger partial charge in [-0.15, -0.1) is 0 Å². The van der Waals surface area contributed by atoms with E-state index in [2.05, 4.69) is 15.6 Å². The number of nitrogens with one attached hydrogen (secondary N) is 2. The molecule has 3 N–H and O–H groups in total. The molecule has 0 aliphatic heterocycles. The summed E-state index contributed by atoms with van der Waals surface area (Å²) in [6.45, 7) is 5.47. The molecule has 134 valence electrons. The molecule has 0 aliphatic rings. The van der Waals surface area contributed by atoms with Crippen molar-refractivity contribution in [1.82, 2.24) is 10.6 Å². The summed E-state index contributed by atoms with van der Waals surface area (Å²) in [6, 6.07) is 17.5. The van der Waals surface area contributed by atoms with Crippen LogP contribution in [0.4, 0.5) is 0 Å². The lowest BCUT2D eigenvalue weighted by molar-refractivity contribution is 0.0617. The molecule has 0 aromatic heterocycles. The van der Waals surface area contributed by atoms with Gasteiger partial charge in [0.05, 0.1) is 20.2 Å². The van der Waals surface area contributed by atoms with Crippen molar-refractivity contribution in [2.45, 2.75) is 26.0 Å². The van der Waals surface area contributed by atoms with Gasteiger partial charge >= 0.3 is 0 Å². The lowest BCUT2D eigenvalue weighted by atomic mass is 9.96. The summed E-state index contributed by atoms with van der Waals surface area (Å²) in [5, 5.41) is 17.1. The molecule has 0 aliphatic carbocycles. The molecular weight excluding hydrogens is 314 g/mol. The fourth-order valence-electron chi connectivity index (χ4n) is 2.40. The van der Waals surface area contributed by atoms with Gasteiger partial charge in [0, 0.05) is 6.54 Å². The van der Waals surface area contributed by atoms with Gasteiger partial charge in [-0.1, -0.05) is 42.5 Å². The minimum absolute atomic E-state index is 0.367. The minimum atomic E-state index is -0.975. The summed E-state index contributed by atoms with van der Waals surface area (Å²) in [5.41, 5.74) is 0.985. The van der Waals surface area contributed by atoms with Crippen molar-refractivity contribution in [2.75, 3.05) is 20.2 Å². The zero-order valence-electron chi connectivity index (χ0n) is 15.1. The third-order valence-electron chi connectivity index (χ3n) is 3.92. The fraction of sp³-hybridized carbons (Fsp3) is 0.350. The van der Waals surface area contributed by atoms with Crippen molar-refractivity contribution in [2.24, 2.45) is 4.99 Å². The van der Waals surface area contributed by atoms with Crippen LogP contribution in [0.25, 0.3) is 0 Å². The minimum Gasteiger partial charge on any atom is -0.497 e. The summed E-state index contributed by atoms with van der Waals surface area (Å²) in [7, 11) is 1.65. The normalized spacial score (nSPS) is 13.8. The Balaban J connectivity index is 1.99. The van der Waals surface area contributed by atoms with E-state index < -0.39 is 5.60 Å². The van der Waals surface area contributed by atoms with E-state index in [1.54, 1.807) is 14.0 Å². The van der Waals surface area contributed by atoms with Crippen LogP contribution in [-0.2, 0) is 12.1 Å². The Labute approximate surface area is 149 Å². The van der Waals surface area contributed by atoms with Crippen LogP contribution in [0.2, 0.25) is 0 Å². The molecule has 0 amide bonds. The van der Waals surface area contributed by atoms with Gasteiger partial charge in [0.15, 0.2) is 5.96 Å². The van der Waals surface area contributed by atoms with Gasteiger partial charge in [-0.3, -0.25) is 0 Å². The highest BCUT2D eigenvalue weighted by atomic mass is 16.5. The largest absolute Gasteiger partial charge is 0.497 e. The topological polar surface area (TPSA) is 65.9 Å². The van der Waals surface area contributed by atoms with Crippen molar-refractivity contribution >= 4 is 5.96 Å². The Morgan fingerprint density at radius 1 is 1.08 bits per heavy atom. The number of aliphatic hydroxyl groups is 1. The maximum atomic E-state index is 10.7. The van der Waals surface area contributed by atoms with Crippen LogP contribution in [0, 0.1) is 0 Å². The van der Waals surface area contributed by atoms with E-state index in [9.17, 15) is 5.11 Å². The average molecular weight is 341 g/mol. The van der Waals surface area contributed by atoms with Crippen LogP contribution in [0.15, 0.2) is 59.6 Å². The Kier molecular flexibility index (Phi) is 6.83. The number of methoxy groups -OCH3 is 1. The molecule has 0 saturated carbocycles. The van der Waals surface area contributed by atoms with Crippen LogP contribution in [0.1, 0.15) is 25.0 Å². The Hall–Kier alpha value is -2.53. The number of ether oxygens (including phenoxy) is 1. The second-order valence-electron chi connectivity index (χ2n) is 6.04. The van der Waals surface area contributed by atoms with E-state index >= 15 is 0 Å². The lowest BCUT2D eigenvalue weighted by Gasteiger charge is -2.25. The van der Waals surface area contributed by atoms with E-state index in [0.717, 1.165) is 23.4 Å². The van der Waals surface area contributed by atoms with Crippen molar-refractivity contribution in [3.8, 4) is 5.75 Å². The fourth-order valence-corrected chi connectivity index (χ4v) is 2.40. The molecule has 2 rings (SSSR count). The molecule has 1 unspecified atom stereocenters. The molecule has 25 heavy (non-hydrogen) atoms. The van der Waals surface area contributed by atoms with E-state index in [4.69, 9.17) is 4.74 Å². The number of guanidine groups is 1. The quantitative estimate of drug-likeness (QED) is 0.535. The molecule has 0 fully saturated rings. The summed E-state index contributed by atoms with van der Waals surface area (Å²) >= 11 is 0. The molecule has 2 aromatic rings. The molecule has 0 saturated heterocycles. The van der Waals surface area contributed by atoms with Gasteiger partial charge in [0.1, 0.15) is 11.4 Å². The molecule has 0 bridgehead atoms. The maximum absolute atomic E-state index is 10.7. The van der Waals surface area contributed by atoms with E-state index in [-0.39, 0.29) is 0 Å². The highest BCUT2D eigenvalue weighted by Crippen LogP contribution is 2.18. The Morgan fingerprint density at radius 3 is 2.36 bits per heavy atom. The molecule has 0 heterocycles. The third-order valence-corrected chi connectivity index (χ3v) is 3.92. The first kappa shape index (κ1) is 18.8. The van der Waals surface area contributed by atoms with Crippen molar-refractivity contribution in [1.29, 1.82) is 0 Å². The van der Waals surface area contributed by atoms with Gasteiger partial charge in [-0.2, -0.15) is 0 Å². The number of aliphatic imine (C=N–C) groups is 1. The zero-order chi connectivity index (χ0) is 18.1. The molecule has 5 nitrogen and oxygen atoms in total. The standard InChI is InChI=1S/C20H27N3O2/c1-4-21-19(22-14-16-10-12-18(25-3)13-11-16)23-15-20(2,24)17-8-6-5-7-9-17/h5-13,24H,4,14-15H2,1-3H3,(H2,21,22,23). The van der Waals surface area contributed by atoms with Crippen molar-refractivity contribution in [3.63, 3.8) is 0 Å². The predicted molar refractivity (Wildman–Crippen MR) is 102 cm³/mol. The maximum Gasteiger partial charge on any atom is 0.191 e. The molecule has 1 atom stereocenters. The van der Waals surface area contributed by atoms with Gasteiger partial charge < -0.3 is 20.5 Å². The summed E-state index contributed by atoms with van der Waals surface area (Å²) < 4.78 is 5.16. The van der Waals surface area contributed by atoms with Gasteiger partial charge in [-0.05, 0) is 37.1 Å². The molecular formula is C20H27N3O2. The van der Waals surface area contributed by atoms with Crippen LogP contribution in [-0.4, -0.2) is 31.3 Å². The lowest BCUT2D eigenvalue weighted by Crippen LogP contribution is -2.44. The predicted octanol–water partition coefficient (Wildman–Crippen LogP) is 2.66. The summed E-state index contributed by atoms with van der Waals surface area (Å²) in [6.07, 6.45) is 0. The number of hydrogen-bond donors (Lipinski definition) is 3. The first-order valence-corrected chi connectivity index (χ1v) is 8.48.